The van der Waals surface area contributed by atoms with Crippen LogP contribution >= 0.6 is 11.8 Å². The summed E-state index contributed by atoms with van der Waals surface area (Å²) in [7, 11) is 1.49. The summed E-state index contributed by atoms with van der Waals surface area (Å²) in [4.78, 5) is 14.6. The molecule has 3 nitrogen and oxygen atoms in total. The number of hydrogen-bond donors (Lipinski definition) is 1. The molecule has 0 aliphatic carbocycles. The minimum Gasteiger partial charge on any atom is -0.469 e. The first-order valence-corrected chi connectivity index (χ1v) is 16.8. The van der Waals surface area contributed by atoms with Gasteiger partial charge < -0.3 is 4.74 Å². The molecule has 0 aliphatic heterocycles. The summed E-state index contributed by atoms with van der Waals surface area (Å²) in [5.41, 5.74) is 3.90. The summed E-state index contributed by atoms with van der Waals surface area (Å²) in [6.45, 7) is 0. The standard InChI is InChI=1S/C42H39NO2S/c1-45-41(44)35(28-32-16-6-2-7-17-32)29-39(31-46-40-27-26-33-18-14-15-19-34(33)30-40)43-42(36-20-8-3-9-21-36,37-22-10-4-11-23-37)38-24-12-5-13-25-38/h2-27,30,35,39,43H,28-29,31H2,1H3/t35?,39-/m0/s1. The molecule has 6 rings (SSSR count). The third-order valence-corrected chi connectivity index (χ3v) is 9.80. The van der Waals surface area contributed by atoms with Crippen LogP contribution in [-0.4, -0.2) is 24.9 Å². The van der Waals surface area contributed by atoms with Crippen LogP contribution in [0.4, 0.5) is 0 Å². The molecule has 46 heavy (non-hydrogen) atoms. The zero-order chi connectivity index (χ0) is 31.6. The lowest BCUT2D eigenvalue weighted by molar-refractivity contribution is -0.145. The van der Waals surface area contributed by atoms with Crippen LogP contribution < -0.4 is 5.32 Å². The van der Waals surface area contributed by atoms with E-state index in [0.29, 0.717) is 12.8 Å². The van der Waals surface area contributed by atoms with Crippen LogP contribution in [0.3, 0.4) is 0 Å². The van der Waals surface area contributed by atoms with Gasteiger partial charge in [0.25, 0.3) is 0 Å². The number of fused-ring (bicyclic) bond motifs is 1. The topological polar surface area (TPSA) is 38.3 Å². The Morgan fingerprint density at radius 3 is 1.70 bits per heavy atom. The van der Waals surface area contributed by atoms with Crippen molar-refractivity contribution in [1.29, 1.82) is 0 Å². The fraction of sp³-hybridized carbons (Fsp3) is 0.167. The number of rotatable bonds is 13. The largest absolute Gasteiger partial charge is 0.469 e. The van der Waals surface area contributed by atoms with Crippen LogP contribution in [0, 0.1) is 5.92 Å². The van der Waals surface area contributed by atoms with Gasteiger partial charge in [0.05, 0.1) is 18.6 Å². The van der Waals surface area contributed by atoms with Gasteiger partial charge in [-0.1, -0.05) is 152 Å². The summed E-state index contributed by atoms with van der Waals surface area (Å²) in [5, 5.41) is 6.64. The Balaban J connectivity index is 1.43. The SMILES string of the molecule is COC(=O)C(Cc1ccccc1)C[C@@H](CSc1ccc2ccccc2c1)NC(c1ccccc1)(c1ccccc1)c1ccccc1. The van der Waals surface area contributed by atoms with Gasteiger partial charge in [-0.15, -0.1) is 11.8 Å². The minimum absolute atomic E-state index is 0.0649. The number of carbonyl (C=O) groups is 1. The first-order valence-electron chi connectivity index (χ1n) is 15.8. The van der Waals surface area contributed by atoms with Crippen molar-refractivity contribution < 1.29 is 9.53 Å². The molecule has 6 aromatic rings. The van der Waals surface area contributed by atoms with Crippen molar-refractivity contribution in [2.24, 2.45) is 5.92 Å². The van der Waals surface area contributed by atoms with Gasteiger partial charge in [-0.05, 0) is 58.0 Å². The molecular formula is C42H39NO2S. The predicted octanol–water partition coefficient (Wildman–Crippen LogP) is 9.30. The average Bonchev–Trinajstić information content (AvgIpc) is 3.13. The number of benzene rings is 6. The van der Waals surface area contributed by atoms with E-state index < -0.39 is 5.54 Å². The number of thioether (sulfide) groups is 1. The Hall–Kier alpha value is -4.64. The molecule has 0 radical (unpaired) electrons. The summed E-state index contributed by atoms with van der Waals surface area (Å²) in [6.07, 6.45) is 1.22. The quantitative estimate of drug-likeness (QED) is 0.0793. The Morgan fingerprint density at radius 1 is 0.652 bits per heavy atom. The maximum absolute atomic E-state index is 13.4. The summed E-state index contributed by atoms with van der Waals surface area (Å²) < 4.78 is 5.41. The number of methoxy groups -OCH3 is 1. The van der Waals surface area contributed by atoms with Crippen LogP contribution in [0.25, 0.3) is 10.8 Å². The fourth-order valence-corrected chi connectivity index (χ4v) is 7.40. The van der Waals surface area contributed by atoms with Crippen LogP contribution in [0.1, 0.15) is 28.7 Å². The highest BCUT2D eigenvalue weighted by atomic mass is 32.2. The smallest absolute Gasteiger partial charge is 0.309 e. The van der Waals surface area contributed by atoms with E-state index in [-0.39, 0.29) is 17.9 Å². The van der Waals surface area contributed by atoms with Crippen LogP contribution in [0.2, 0.25) is 0 Å². The summed E-state index contributed by atoms with van der Waals surface area (Å²) in [5.74, 6) is 0.257. The molecule has 0 heterocycles. The lowest BCUT2D eigenvalue weighted by Gasteiger charge is -2.41. The van der Waals surface area contributed by atoms with Crippen molar-refractivity contribution in [2.45, 2.75) is 29.3 Å². The second-order valence-corrected chi connectivity index (χ2v) is 12.7. The number of carbonyl (C=O) groups excluding carboxylic acids is 1. The first kappa shape index (κ1) is 31.3. The first-order chi connectivity index (χ1) is 22.7. The Bertz CT molecular complexity index is 1730. The van der Waals surface area contributed by atoms with Crippen molar-refractivity contribution in [3.05, 3.63) is 186 Å². The van der Waals surface area contributed by atoms with Crippen LogP contribution in [0.5, 0.6) is 0 Å². The molecule has 4 heteroatoms. The molecule has 0 aromatic heterocycles. The predicted molar refractivity (Wildman–Crippen MR) is 191 cm³/mol. The monoisotopic (exact) mass is 621 g/mol. The van der Waals surface area contributed by atoms with E-state index in [2.05, 4.69) is 151 Å². The molecule has 0 spiro atoms. The highest BCUT2D eigenvalue weighted by Crippen LogP contribution is 2.39. The number of hydrogen-bond acceptors (Lipinski definition) is 4. The number of esters is 1. The van der Waals surface area contributed by atoms with Crippen molar-refractivity contribution in [3.63, 3.8) is 0 Å². The van der Waals surface area contributed by atoms with E-state index in [0.717, 1.165) is 28.0 Å². The maximum atomic E-state index is 13.4. The molecule has 0 aliphatic rings. The number of ether oxygens (including phenoxy) is 1. The molecule has 0 fully saturated rings. The molecule has 2 atom stereocenters. The Kier molecular flexibility index (Phi) is 10.3. The van der Waals surface area contributed by atoms with E-state index in [1.807, 2.05) is 30.0 Å². The molecule has 0 saturated carbocycles. The van der Waals surface area contributed by atoms with E-state index in [1.165, 1.54) is 22.8 Å². The molecule has 0 bridgehead atoms. The molecular weight excluding hydrogens is 583 g/mol. The molecule has 1 unspecified atom stereocenters. The van der Waals surface area contributed by atoms with Crippen molar-refractivity contribution in [3.8, 4) is 0 Å². The van der Waals surface area contributed by atoms with Crippen molar-refractivity contribution in [1.82, 2.24) is 5.32 Å². The fourth-order valence-electron chi connectivity index (χ4n) is 6.41. The second-order valence-electron chi connectivity index (χ2n) is 11.7. The molecule has 1 N–H and O–H groups in total. The third kappa shape index (κ3) is 7.25. The number of nitrogens with one attached hydrogen (secondary N) is 1. The van der Waals surface area contributed by atoms with E-state index in [1.54, 1.807) is 0 Å². The van der Waals surface area contributed by atoms with Crippen molar-refractivity contribution >= 4 is 28.5 Å². The normalized spacial score (nSPS) is 12.8. The van der Waals surface area contributed by atoms with Gasteiger partial charge in [0.15, 0.2) is 0 Å². The van der Waals surface area contributed by atoms with Crippen molar-refractivity contribution in [2.75, 3.05) is 12.9 Å². The third-order valence-electron chi connectivity index (χ3n) is 8.64. The highest BCUT2D eigenvalue weighted by Gasteiger charge is 2.39. The van der Waals surface area contributed by atoms with E-state index in [4.69, 9.17) is 4.74 Å². The van der Waals surface area contributed by atoms with Gasteiger partial charge in [0, 0.05) is 16.7 Å². The van der Waals surface area contributed by atoms with Gasteiger partial charge in [-0.25, -0.2) is 0 Å². The van der Waals surface area contributed by atoms with Crippen LogP contribution in [-0.2, 0) is 21.5 Å². The summed E-state index contributed by atoms with van der Waals surface area (Å²) in [6, 6.07) is 57.3. The van der Waals surface area contributed by atoms with E-state index >= 15 is 0 Å². The van der Waals surface area contributed by atoms with E-state index in [9.17, 15) is 4.79 Å². The zero-order valence-corrected chi connectivity index (χ0v) is 26.9. The highest BCUT2D eigenvalue weighted by molar-refractivity contribution is 7.99. The molecule has 6 aromatic carbocycles. The molecule has 0 saturated heterocycles. The lowest BCUT2D eigenvalue weighted by Crippen LogP contribution is -2.51. The van der Waals surface area contributed by atoms with Gasteiger partial charge in [0.2, 0.25) is 0 Å². The minimum atomic E-state index is -0.661. The van der Waals surface area contributed by atoms with Gasteiger partial charge in [-0.3, -0.25) is 10.1 Å². The van der Waals surface area contributed by atoms with Gasteiger partial charge >= 0.3 is 5.97 Å². The molecule has 0 amide bonds. The maximum Gasteiger partial charge on any atom is 0.309 e. The average molecular weight is 622 g/mol. The van der Waals surface area contributed by atoms with Gasteiger partial charge in [-0.2, -0.15) is 0 Å². The van der Waals surface area contributed by atoms with Crippen LogP contribution in [0.15, 0.2) is 169 Å². The zero-order valence-electron chi connectivity index (χ0n) is 26.1. The summed E-state index contributed by atoms with van der Waals surface area (Å²) >= 11 is 1.82. The lowest BCUT2D eigenvalue weighted by atomic mass is 9.76. The Morgan fingerprint density at radius 2 is 1.15 bits per heavy atom. The Labute approximate surface area is 276 Å². The molecule has 230 valence electrons. The second kappa shape index (κ2) is 15.1. The van der Waals surface area contributed by atoms with Gasteiger partial charge in [0.1, 0.15) is 0 Å².